The zero-order valence-electron chi connectivity index (χ0n) is 10.6. The van der Waals surface area contributed by atoms with Crippen LogP contribution < -0.4 is 11.3 Å². The Labute approximate surface area is 97.3 Å². The van der Waals surface area contributed by atoms with Gasteiger partial charge in [-0.15, -0.1) is 0 Å². The van der Waals surface area contributed by atoms with Crippen LogP contribution in [0.1, 0.15) is 40.5 Å². The number of hydrazine groups is 1. The number of nitrogens with two attached hydrogens (primary N) is 1. The minimum absolute atomic E-state index is 0.104. The number of amides is 2. The lowest BCUT2D eigenvalue weighted by atomic mass is 10.1. The summed E-state index contributed by atoms with van der Waals surface area (Å²) in [6.07, 6.45) is 1.68. The van der Waals surface area contributed by atoms with Gasteiger partial charge in [0.05, 0.1) is 0 Å². The predicted octanol–water partition coefficient (Wildman–Crippen LogP) is 0.650. The van der Waals surface area contributed by atoms with Crippen LogP contribution >= 0.6 is 0 Å². The molecule has 0 aliphatic heterocycles. The van der Waals surface area contributed by atoms with Crippen LogP contribution in [0, 0.1) is 5.92 Å². The minimum atomic E-state index is -0.743. The number of nitrogens with one attached hydrogen (secondary N) is 1. The third-order valence-corrected chi connectivity index (χ3v) is 2.53. The average molecular weight is 229 g/mol. The number of hydrogen-bond acceptors (Lipinski definition) is 3. The molecule has 0 saturated heterocycles. The summed E-state index contributed by atoms with van der Waals surface area (Å²) in [6, 6.07) is 0.104. The normalized spacial score (nSPS) is 10.7. The van der Waals surface area contributed by atoms with Crippen molar-refractivity contribution in [1.29, 1.82) is 0 Å². The van der Waals surface area contributed by atoms with Gasteiger partial charge >= 0.3 is 11.8 Å². The molecule has 0 bridgehead atoms. The molecule has 0 aliphatic carbocycles. The van der Waals surface area contributed by atoms with Gasteiger partial charge in [-0.05, 0) is 18.8 Å². The molecule has 94 valence electrons. The lowest BCUT2D eigenvalue weighted by Gasteiger charge is -2.31. The van der Waals surface area contributed by atoms with Crippen molar-refractivity contribution in [2.45, 2.75) is 46.6 Å². The summed E-state index contributed by atoms with van der Waals surface area (Å²) in [5, 5.41) is 0. The number of carbonyl (C=O) groups excluding carboxylic acids is 2. The van der Waals surface area contributed by atoms with Crippen molar-refractivity contribution in [1.82, 2.24) is 10.3 Å². The summed E-state index contributed by atoms with van der Waals surface area (Å²) in [6.45, 7) is 8.63. The van der Waals surface area contributed by atoms with Crippen molar-refractivity contribution in [2.75, 3.05) is 6.54 Å². The Morgan fingerprint density at radius 3 is 2.06 bits per heavy atom. The molecule has 0 heterocycles. The molecular formula is C11H23N3O2. The molecule has 0 radical (unpaired) electrons. The van der Waals surface area contributed by atoms with Crippen molar-refractivity contribution in [3.8, 4) is 0 Å². The molecule has 0 atom stereocenters. The van der Waals surface area contributed by atoms with E-state index in [2.05, 4.69) is 0 Å². The number of nitrogens with zero attached hydrogens (tertiary/aromatic N) is 1. The van der Waals surface area contributed by atoms with E-state index >= 15 is 0 Å². The topological polar surface area (TPSA) is 75.4 Å². The van der Waals surface area contributed by atoms with Crippen LogP contribution in [0.5, 0.6) is 0 Å². The maximum atomic E-state index is 11.8. The maximum absolute atomic E-state index is 11.8. The van der Waals surface area contributed by atoms with E-state index in [1.54, 1.807) is 4.90 Å². The molecule has 0 spiro atoms. The minimum Gasteiger partial charge on any atom is -0.331 e. The van der Waals surface area contributed by atoms with E-state index in [1.807, 2.05) is 33.1 Å². The molecule has 16 heavy (non-hydrogen) atoms. The Hall–Kier alpha value is -1.10. The van der Waals surface area contributed by atoms with Gasteiger partial charge in [0.2, 0.25) is 0 Å². The highest BCUT2D eigenvalue weighted by molar-refractivity contribution is 6.34. The lowest BCUT2D eigenvalue weighted by molar-refractivity contribution is -0.148. The highest BCUT2D eigenvalue weighted by atomic mass is 16.2. The van der Waals surface area contributed by atoms with Crippen molar-refractivity contribution >= 4 is 11.8 Å². The molecule has 3 N–H and O–H groups in total. The molecule has 0 saturated carbocycles. The third kappa shape index (κ3) is 4.18. The fraction of sp³-hybridized carbons (Fsp3) is 0.818. The van der Waals surface area contributed by atoms with Crippen LogP contribution in [-0.4, -0.2) is 29.3 Å². The first-order valence-corrected chi connectivity index (χ1v) is 5.79. The summed E-state index contributed by atoms with van der Waals surface area (Å²) < 4.78 is 0. The molecule has 0 aliphatic rings. The Morgan fingerprint density at radius 1 is 1.25 bits per heavy atom. The number of rotatable bonds is 5. The fourth-order valence-electron chi connectivity index (χ4n) is 1.71. The summed E-state index contributed by atoms with van der Waals surface area (Å²) >= 11 is 0. The quantitative estimate of drug-likeness (QED) is 0.314. The van der Waals surface area contributed by atoms with Crippen molar-refractivity contribution in [3.63, 3.8) is 0 Å². The first-order chi connectivity index (χ1) is 7.47. The zero-order valence-corrected chi connectivity index (χ0v) is 10.6. The SMILES string of the molecule is CCC(CC)N(CC(C)C)C(=O)C(=O)NN. The van der Waals surface area contributed by atoms with Gasteiger partial charge < -0.3 is 4.90 Å². The van der Waals surface area contributed by atoms with E-state index < -0.39 is 11.8 Å². The van der Waals surface area contributed by atoms with Gasteiger partial charge in [0.1, 0.15) is 0 Å². The average Bonchev–Trinajstić information content (AvgIpc) is 2.26. The van der Waals surface area contributed by atoms with Crippen LogP contribution in [0.3, 0.4) is 0 Å². The van der Waals surface area contributed by atoms with E-state index in [0.717, 1.165) is 12.8 Å². The van der Waals surface area contributed by atoms with Gasteiger partial charge in [0.25, 0.3) is 0 Å². The van der Waals surface area contributed by atoms with Gasteiger partial charge in [-0.25, -0.2) is 5.84 Å². The molecule has 0 aromatic carbocycles. The highest BCUT2D eigenvalue weighted by Gasteiger charge is 2.26. The number of carbonyl (C=O) groups is 2. The maximum Gasteiger partial charge on any atom is 0.323 e. The fourth-order valence-corrected chi connectivity index (χ4v) is 1.71. The third-order valence-electron chi connectivity index (χ3n) is 2.53. The standard InChI is InChI=1S/C11H23N3O2/c1-5-9(6-2)14(7-8(3)4)11(16)10(15)13-12/h8-9H,5-7,12H2,1-4H3,(H,13,15). The van der Waals surface area contributed by atoms with Gasteiger partial charge in [-0.3, -0.25) is 15.0 Å². The first-order valence-electron chi connectivity index (χ1n) is 5.79. The molecule has 0 aromatic rings. The van der Waals surface area contributed by atoms with Crippen molar-refractivity contribution in [3.05, 3.63) is 0 Å². The monoisotopic (exact) mass is 229 g/mol. The van der Waals surface area contributed by atoms with E-state index in [0.29, 0.717) is 12.5 Å². The van der Waals surface area contributed by atoms with E-state index in [4.69, 9.17) is 5.84 Å². The highest BCUT2D eigenvalue weighted by Crippen LogP contribution is 2.11. The molecule has 5 heteroatoms. The molecule has 0 rings (SSSR count). The van der Waals surface area contributed by atoms with Crippen molar-refractivity contribution in [2.24, 2.45) is 11.8 Å². The second kappa shape index (κ2) is 7.22. The van der Waals surface area contributed by atoms with Crippen LogP contribution in [0.25, 0.3) is 0 Å². The smallest absolute Gasteiger partial charge is 0.323 e. The number of hydrogen-bond donors (Lipinski definition) is 2. The van der Waals surface area contributed by atoms with Crippen LogP contribution in [0.2, 0.25) is 0 Å². The van der Waals surface area contributed by atoms with Crippen LogP contribution in [-0.2, 0) is 9.59 Å². The molecule has 2 amide bonds. The van der Waals surface area contributed by atoms with E-state index in [-0.39, 0.29) is 6.04 Å². The second-order valence-electron chi connectivity index (χ2n) is 4.30. The summed E-state index contributed by atoms with van der Waals surface area (Å²) in [5.41, 5.74) is 1.89. The van der Waals surface area contributed by atoms with Gasteiger partial charge in [0, 0.05) is 12.6 Å². The summed E-state index contributed by atoms with van der Waals surface area (Å²) in [5.74, 6) is 4.03. The molecule has 0 aromatic heterocycles. The first kappa shape index (κ1) is 14.9. The van der Waals surface area contributed by atoms with Crippen molar-refractivity contribution < 1.29 is 9.59 Å². The zero-order chi connectivity index (χ0) is 12.7. The Kier molecular flexibility index (Phi) is 6.72. The predicted molar refractivity (Wildman–Crippen MR) is 63.3 cm³/mol. The largest absolute Gasteiger partial charge is 0.331 e. The molecule has 0 unspecified atom stereocenters. The van der Waals surface area contributed by atoms with Crippen LogP contribution in [0.15, 0.2) is 0 Å². The van der Waals surface area contributed by atoms with Gasteiger partial charge in [-0.2, -0.15) is 0 Å². The van der Waals surface area contributed by atoms with E-state index in [9.17, 15) is 9.59 Å². The Morgan fingerprint density at radius 2 is 1.75 bits per heavy atom. The second-order valence-corrected chi connectivity index (χ2v) is 4.30. The summed E-state index contributed by atoms with van der Waals surface area (Å²) in [7, 11) is 0. The van der Waals surface area contributed by atoms with E-state index in [1.165, 1.54) is 0 Å². The molecule has 5 nitrogen and oxygen atoms in total. The Bertz CT molecular complexity index is 237. The molecule has 0 fully saturated rings. The van der Waals surface area contributed by atoms with Gasteiger partial charge in [0.15, 0.2) is 0 Å². The lowest BCUT2D eigenvalue weighted by Crippen LogP contribution is -2.50. The van der Waals surface area contributed by atoms with Gasteiger partial charge in [-0.1, -0.05) is 27.7 Å². The molecular weight excluding hydrogens is 206 g/mol. The van der Waals surface area contributed by atoms with Crippen LogP contribution in [0.4, 0.5) is 0 Å². The summed E-state index contributed by atoms with van der Waals surface area (Å²) in [4.78, 5) is 24.7. The Balaban J connectivity index is 4.77.